The molecule has 0 atom stereocenters. The van der Waals surface area contributed by atoms with Gasteiger partial charge in [-0.3, -0.25) is 9.59 Å². The lowest BCUT2D eigenvalue weighted by Gasteiger charge is -2.10. The van der Waals surface area contributed by atoms with Crippen molar-refractivity contribution in [2.45, 2.75) is 13.8 Å². The molecule has 0 aliphatic heterocycles. The Balaban J connectivity index is 2.77. The van der Waals surface area contributed by atoms with Crippen LogP contribution in [0.3, 0.4) is 0 Å². The van der Waals surface area contributed by atoms with Crippen LogP contribution in [0.5, 0.6) is 11.5 Å². The predicted molar refractivity (Wildman–Crippen MR) is 72.1 cm³/mol. The fraction of sp³-hybridized carbons (Fsp3) is 0.143. The molecule has 0 spiro atoms. The first-order valence-electron chi connectivity index (χ1n) is 6.00. The Hall–Kier alpha value is -3.16. The van der Waals surface area contributed by atoms with Crippen molar-refractivity contribution in [3.05, 3.63) is 34.2 Å². The zero-order valence-corrected chi connectivity index (χ0v) is 11.5. The lowest BCUT2D eigenvalue weighted by Crippen LogP contribution is -2.14. The summed E-state index contributed by atoms with van der Waals surface area (Å²) in [5.74, 6) is -3.24. The summed E-state index contributed by atoms with van der Waals surface area (Å²) in [6.07, 6.45) is 0. The summed E-state index contributed by atoms with van der Waals surface area (Å²) in [4.78, 5) is 44.8. The van der Waals surface area contributed by atoms with Crippen LogP contribution in [-0.2, 0) is 9.59 Å². The van der Waals surface area contributed by atoms with Gasteiger partial charge in [0, 0.05) is 19.2 Å². The first kappa shape index (κ1) is 15.2. The fourth-order valence-electron chi connectivity index (χ4n) is 1.77. The Morgan fingerprint density at radius 1 is 1.09 bits per heavy atom. The van der Waals surface area contributed by atoms with E-state index in [4.69, 9.17) is 19.0 Å². The van der Waals surface area contributed by atoms with E-state index < -0.39 is 29.1 Å². The van der Waals surface area contributed by atoms with Gasteiger partial charge in [-0.2, -0.15) is 0 Å². The average Bonchev–Trinajstić information content (AvgIpc) is 2.40. The van der Waals surface area contributed by atoms with Crippen LogP contribution < -0.4 is 15.1 Å². The van der Waals surface area contributed by atoms with Crippen molar-refractivity contribution in [1.29, 1.82) is 0 Å². The van der Waals surface area contributed by atoms with Crippen LogP contribution in [0.25, 0.3) is 11.0 Å². The minimum absolute atomic E-state index is 0.124. The molecule has 1 aromatic carbocycles. The Kier molecular flexibility index (Phi) is 3.93. The fourth-order valence-corrected chi connectivity index (χ4v) is 1.77. The van der Waals surface area contributed by atoms with Gasteiger partial charge in [0.1, 0.15) is 5.56 Å². The molecular formula is C14H10O8. The maximum absolute atomic E-state index is 11.7. The molecule has 0 aliphatic carbocycles. The number of carboxylic acids is 1. The molecule has 0 bridgehead atoms. The minimum atomic E-state index is -1.45. The van der Waals surface area contributed by atoms with Crippen LogP contribution in [0.2, 0.25) is 0 Å². The molecule has 1 N–H and O–H groups in total. The zero-order chi connectivity index (χ0) is 16.4. The van der Waals surface area contributed by atoms with Gasteiger partial charge in [0.25, 0.3) is 0 Å². The number of carboxylic acid groups (broad SMARTS) is 1. The normalized spacial score (nSPS) is 10.3. The van der Waals surface area contributed by atoms with Gasteiger partial charge in [0.2, 0.25) is 5.75 Å². The molecule has 0 amide bonds. The summed E-state index contributed by atoms with van der Waals surface area (Å²) in [7, 11) is 0. The molecule has 1 heterocycles. The molecule has 0 aliphatic rings. The monoisotopic (exact) mass is 306 g/mol. The topological polar surface area (TPSA) is 120 Å². The molecule has 2 aromatic rings. The van der Waals surface area contributed by atoms with E-state index in [1.165, 1.54) is 12.1 Å². The van der Waals surface area contributed by atoms with E-state index in [-0.39, 0.29) is 22.5 Å². The number of benzene rings is 1. The number of fused-ring (bicyclic) bond motifs is 1. The van der Waals surface area contributed by atoms with E-state index in [9.17, 15) is 19.2 Å². The lowest BCUT2D eigenvalue weighted by atomic mass is 10.1. The second-order valence-corrected chi connectivity index (χ2v) is 4.25. The van der Waals surface area contributed by atoms with Gasteiger partial charge in [-0.05, 0) is 18.2 Å². The molecular weight excluding hydrogens is 296 g/mol. The molecule has 0 unspecified atom stereocenters. The van der Waals surface area contributed by atoms with E-state index in [1.54, 1.807) is 0 Å². The molecule has 0 fully saturated rings. The minimum Gasteiger partial charge on any atom is -0.477 e. The van der Waals surface area contributed by atoms with Crippen molar-refractivity contribution in [2.75, 3.05) is 0 Å². The first-order chi connectivity index (χ1) is 10.3. The Bertz CT molecular complexity index is 846. The second-order valence-electron chi connectivity index (χ2n) is 4.25. The zero-order valence-electron chi connectivity index (χ0n) is 11.5. The van der Waals surface area contributed by atoms with Gasteiger partial charge in [-0.25, -0.2) is 9.59 Å². The quantitative estimate of drug-likeness (QED) is 0.512. The van der Waals surface area contributed by atoms with Crippen LogP contribution in [0.15, 0.2) is 27.4 Å². The van der Waals surface area contributed by atoms with Crippen molar-refractivity contribution in [3.8, 4) is 11.5 Å². The van der Waals surface area contributed by atoms with Gasteiger partial charge in [0.15, 0.2) is 11.3 Å². The van der Waals surface area contributed by atoms with Crippen LogP contribution in [-0.4, -0.2) is 23.0 Å². The number of esters is 2. The van der Waals surface area contributed by atoms with Crippen LogP contribution >= 0.6 is 0 Å². The highest BCUT2D eigenvalue weighted by molar-refractivity contribution is 5.94. The van der Waals surface area contributed by atoms with E-state index >= 15 is 0 Å². The Morgan fingerprint density at radius 2 is 1.73 bits per heavy atom. The summed E-state index contributed by atoms with van der Waals surface area (Å²) >= 11 is 0. The highest BCUT2D eigenvalue weighted by atomic mass is 16.6. The maximum atomic E-state index is 11.7. The van der Waals surface area contributed by atoms with Crippen molar-refractivity contribution in [2.24, 2.45) is 0 Å². The lowest BCUT2D eigenvalue weighted by molar-refractivity contribution is -0.134. The van der Waals surface area contributed by atoms with Gasteiger partial charge in [-0.1, -0.05) is 0 Å². The Labute approximate surface area is 122 Å². The maximum Gasteiger partial charge on any atom is 0.351 e. The van der Waals surface area contributed by atoms with Crippen LogP contribution in [0, 0.1) is 0 Å². The van der Waals surface area contributed by atoms with Crippen LogP contribution in [0.4, 0.5) is 0 Å². The number of hydrogen-bond donors (Lipinski definition) is 1. The van der Waals surface area contributed by atoms with Gasteiger partial charge < -0.3 is 19.0 Å². The number of hydrogen-bond acceptors (Lipinski definition) is 7. The summed E-state index contributed by atoms with van der Waals surface area (Å²) in [6, 6.07) is 3.75. The summed E-state index contributed by atoms with van der Waals surface area (Å²) in [6.45, 7) is 2.26. The number of carbonyl (C=O) groups excluding carboxylic acids is 2. The van der Waals surface area contributed by atoms with Crippen molar-refractivity contribution in [3.63, 3.8) is 0 Å². The molecule has 22 heavy (non-hydrogen) atoms. The largest absolute Gasteiger partial charge is 0.477 e. The molecule has 114 valence electrons. The van der Waals surface area contributed by atoms with Gasteiger partial charge in [0.05, 0.1) is 0 Å². The average molecular weight is 306 g/mol. The van der Waals surface area contributed by atoms with Gasteiger partial charge in [-0.15, -0.1) is 0 Å². The van der Waals surface area contributed by atoms with Crippen molar-refractivity contribution >= 4 is 28.9 Å². The molecule has 8 heteroatoms. The van der Waals surface area contributed by atoms with Crippen LogP contribution in [0.1, 0.15) is 24.2 Å². The first-order valence-corrected chi connectivity index (χ1v) is 6.00. The third-order valence-corrected chi connectivity index (χ3v) is 2.55. The third-order valence-electron chi connectivity index (χ3n) is 2.55. The summed E-state index contributed by atoms with van der Waals surface area (Å²) in [5.41, 5.74) is -1.88. The molecule has 8 nitrogen and oxygen atoms in total. The highest BCUT2D eigenvalue weighted by Gasteiger charge is 2.20. The van der Waals surface area contributed by atoms with Gasteiger partial charge >= 0.3 is 23.5 Å². The molecule has 0 radical (unpaired) electrons. The van der Waals surface area contributed by atoms with E-state index in [0.29, 0.717) is 0 Å². The number of ether oxygens (including phenoxy) is 2. The molecule has 0 saturated carbocycles. The molecule has 2 rings (SSSR count). The number of rotatable bonds is 3. The smallest absolute Gasteiger partial charge is 0.351 e. The van der Waals surface area contributed by atoms with E-state index in [2.05, 4.69) is 0 Å². The summed E-state index contributed by atoms with van der Waals surface area (Å²) < 4.78 is 14.7. The number of aromatic carboxylic acids is 1. The van der Waals surface area contributed by atoms with E-state index in [0.717, 1.165) is 19.9 Å². The van der Waals surface area contributed by atoms with Crippen molar-refractivity contribution in [1.82, 2.24) is 0 Å². The third kappa shape index (κ3) is 2.95. The summed E-state index contributed by atoms with van der Waals surface area (Å²) in [5, 5.41) is 9.10. The van der Waals surface area contributed by atoms with Crippen molar-refractivity contribution < 1.29 is 33.4 Å². The van der Waals surface area contributed by atoms with E-state index in [1.807, 2.05) is 0 Å². The second kappa shape index (κ2) is 5.68. The Morgan fingerprint density at radius 3 is 2.27 bits per heavy atom. The standard InChI is InChI=1S/C14H10O8/c1-6(15)20-10-4-3-8-5-9(13(17)18)14(19)22-11(8)12(10)21-7(2)16/h3-5H,1-2H3,(H,17,18). The molecule has 0 saturated heterocycles. The SMILES string of the molecule is CC(=O)Oc1ccc2cc(C(=O)O)c(=O)oc2c1OC(C)=O. The predicted octanol–water partition coefficient (Wildman–Crippen LogP) is 1.34. The number of carbonyl (C=O) groups is 3. The highest BCUT2D eigenvalue weighted by Crippen LogP contribution is 2.35. The molecule has 1 aromatic heterocycles.